The first-order chi connectivity index (χ1) is 8.70. The summed E-state index contributed by atoms with van der Waals surface area (Å²) in [4.78, 5) is 11.8. The second-order valence-corrected chi connectivity index (χ2v) is 4.40. The molecule has 0 amide bonds. The van der Waals surface area contributed by atoms with Crippen LogP contribution in [0.4, 0.5) is 0 Å². The molecule has 0 aliphatic carbocycles. The predicted molar refractivity (Wildman–Crippen MR) is 70.7 cm³/mol. The zero-order chi connectivity index (χ0) is 13.4. The summed E-state index contributed by atoms with van der Waals surface area (Å²) in [7, 11) is 0. The Morgan fingerprint density at radius 1 is 1.33 bits per heavy atom. The first-order valence-corrected chi connectivity index (χ1v) is 6.64. The largest absolute Gasteiger partial charge is 0.461 e. The maximum atomic E-state index is 11.8. The van der Waals surface area contributed by atoms with E-state index < -0.39 is 0 Å². The van der Waals surface area contributed by atoms with Crippen LogP contribution in [0, 0.1) is 6.92 Å². The van der Waals surface area contributed by atoms with Crippen LogP contribution in [0.2, 0.25) is 0 Å². The summed E-state index contributed by atoms with van der Waals surface area (Å²) in [5.41, 5.74) is 1.63. The van der Waals surface area contributed by atoms with Gasteiger partial charge in [0.25, 0.3) is 0 Å². The Labute approximate surface area is 109 Å². The van der Waals surface area contributed by atoms with Gasteiger partial charge < -0.3 is 14.4 Å². The zero-order valence-electron chi connectivity index (χ0n) is 11.3. The van der Waals surface area contributed by atoms with Crippen LogP contribution in [0.5, 0.6) is 0 Å². The van der Waals surface area contributed by atoms with E-state index in [9.17, 15) is 4.79 Å². The van der Waals surface area contributed by atoms with Crippen LogP contribution in [0.25, 0.3) is 0 Å². The molecule has 1 heterocycles. The van der Waals surface area contributed by atoms with Crippen LogP contribution in [-0.2, 0) is 11.3 Å². The Bertz CT molecular complexity index is 371. The lowest BCUT2D eigenvalue weighted by molar-refractivity contribution is 0.0512. The molecule has 1 aromatic rings. The van der Waals surface area contributed by atoms with Crippen LogP contribution in [0.3, 0.4) is 0 Å². The summed E-state index contributed by atoms with van der Waals surface area (Å²) in [5.74, 6) is -0.240. The molecule has 0 aliphatic rings. The van der Waals surface area contributed by atoms with Crippen LogP contribution in [-0.4, -0.2) is 28.9 Å². The first kappa shape index (κ1) is 14.8. The highest BCUT2D eigenvalue weighted by Gasteiger charge is 2.15. The number of aliphatic hydroxyl groups excluding tert-OH is 1. The van der Waals surface area contributed by atoms with E-state index in [4.69, 9.17) is 9.84 Å². The predicted octanol–water partition coefficient (Wildman–Crippen LogP) is 2.53. The van der Waals surface area contributed by atoms with Crippen molar-refractivity contribution in [3.63, 3.8) is 0 Å². The number of aromatic nitrogens is 1. The van der Waals surface area contributed by atoms with Crippen LogP contribution in [0.15, 0.2) is 12.3 Å². The minimum absolute atomic E-state index is 0.240. The third-order valence-corrected chi connectivity index (χ3v) is 2.94. The normalized spacial score (nSPS) is 10.6. The van der Waals surface area contributed by atoms with Crippen LogP contribution >= 0.6 is 0 Å². The van der Waals surface area contributed by atoms with Gasteiger partial charge in [-0.3, -0.25) is 0 Å². The number of ether oxygens (including phenoxy) is 1. The number of carbonyl (C=O) groups is 1. The Morgan fingerprint density at radius 2 is 2.06 bits per heavy atom. The lowest BCUT2D eigenvalue weighted by Crippen LogP contribution is -2.13. The number of esters is 1. The second-order valence-electron chi connectivity index (χ2n) is 4.40. The molecule has 1 rings (SSSR count). The molecule has 0 radical (unpaired) electrons. The lowest BCUT2D eigenvalue weighted by Gasteiger charge is -2.09. The zero-order valence-corrected chi connectivity index (χ0v) is 11.3. The standard InChI is InChI=1S/C14H23NO3/c1-3-18-14(17)13-12(2)8-10-15(13)9-6-4-5-7-11-16/h8,10,16H,3-7,9,11H2,1-2H3. The van der Waals surface area contributed by atoms with Crippen molar-refractivity contribution in [2.75, 3.05) is 13.2 Å². The topological polar surface area (TPSA) is 51.5 Å². The number of nitrogens with zero attached hydrogens (tertiary/aromatic N) is 1. The van der Waals surface area contributed by atoms with Gasteiger partial charge >= 0.3 is 5.97 Å². The minimum atomic E-state index is -0.240. The van der Waals surface area contributed by atoms with Crippen molar-refractivity contribution in [1.82, 2.24) is 4.57 Å². The molecule has 0 bridgehead atoms. The van der Waals surface area contributed by atoms with Crippen LogP contribution in [0.1, 0.15) is 48.7 Å². The molecule has 0 unspecified atom stereocenters. The minimum Gasteiger partial charge on any atom is -0.461 e. The average Bonchev–Trinajstić information content (AvgIpc) is 2.71. The van der Waals surface area contributed by atoms with E-state index in [1.165, 1.54) is 0 Å². The molecule has 1 aromatic heterocycles. The van der Waals surface area contributed by atoms with Gasteiger partial charge in [-0.25, -0.2) is 4.79 Å². The van der Waals surface area contributed by atoms with Gasteiger partial charge in [0.1, 0.15) is 5.69 Å². The SMILES string of the molecule is CCOC(=O)c1c(C)ccn1CCCCCCO. The highest BCUT2D eigenvalue weighted by Crippen LogP contribution is 2.13. The summed E-state index contributed by atoms with van der Waals surface area (Å²) in [6, 6.07) is 1.94. The summed E-state index contributed by atoms with van der Waals surface area (Å²) >= 11 is 0. The van der Waals surface area contributed by atoms with Crippen molar-refractivity contribution in [2.45, 2.75) is 46.1 Å². The molecule has 1 N–H and O–H groups in total. The Balaban J connectivity index is 2.52. The van der Waals surface area contributed by atoms with Gasteiger partial charge in [0, 0.05) is 19.3 Å². The van der Waals surface area contributed by atoms with E-state index >= 15 is 0 Å². The molecule has 0 atom stereocenters. The maximum Gasteiger partial charge on any atom is 0.355 e. The number of aliphatic hydroxyl groups is 1. The molecule has 0 aliphatic heterocycles. The van der Waals surface area contributed by atoms with Gasteiger partial charge in [0.15, 0.2) is 0 Å². The molecular formula is C14H23NO3. The van der Waals surface area contributed by atoms with Gasteiger partial charge in [-0.1, -0.05) is 12.8 Å². The smallest absolute Gasteiger partial charge is 0.355 e. The van der Waals surface area contributed by atoms with E-state index in [0.29, 0.717) is 12.3 Å². The van der Waals surface area contributed by atoms with E-state index in [0.717, 1.165) is 37.8 Å². The van der Waals surface area contributed by atoms with Gasteiger partial charge in [-0.05, 0) is 38.3 Å². The number of hydrogen-bond donors (Lipinski definition) is 1. The highest BCUT2D eigenvalue weighted by molar-refractivity contribution is 5.89. The molecule has 0 aromatic carbocycles. The summed E-state index contributed by atoms with van der Waals surface area (Å²) < 4.78 is 7.02. The second kappa shape index (κ2) is 7.93. The molecule has 0 saturated carbocycles. The lowest BCUT2D eigenvalue weighted by atomic mass is 10.2. The Hall–Kier alpha value is -1.29. The number of aryl methyl sites for hydroxylation is 2. The van der Waals surface area contributed by atoms with Gasteiger partial charge in [0.05, 0.1) is 6.61 Å². The van der Waals surface area contributed by atoms with Crippen molar-refractivity contribution >= 4 is 5.97 Å². The molecule has 0 fully saturated rings. The molecular weight excluding hydrogens is 230 g/mol. The van der Waals surface area contributed by atoms with E-state index in [-0.39, 0.29) is 12.6 Å². The fraction of sp³-hybridized carbons (Fsp3) is 0.643. The van der Waals surface area contributed by atoms with E-state index in [1.807, 2.05) is 30.7 Å². The van der Waals surface area contributed by atoms with Crippen LogP contribution < -0.4 is 0 Å². The van der Waals surface area contributed by atoms with Crippen molar-refractivity contribution < 1.29 is 14.6 Å². The monoisotopic (exact) mass is 253 g/mol. The van der Waals surface area contributed by atoms with Crippen molar-refractivity contribution in [2.24, 2.45) is 0 Å². The third kappa shape index (κ3) is 4.18. The number of carbonyl (C=O) groups excluding carboxylic acids is 1. The quantitative estimate of drug-likeness (QED) is 0.572. The van der Waals surface area contributed by atoms with E-state index in [1.54, 1.807) is 0 Å². The third-order valence-electron chi connectivity index (χ3n) is 2.94. The molecule has 102 valence electrons. The molecule has 18 heavy (non-hydrogen) atoms. The summed E-state index contributed by atoms with van der Waals surface area (Å²) in [5, 5.41) is 8.70. The highest BCUT2D eigenvalue weighted by atomic mass is 16.5. The molecule has 0 spiro atoms. The molecule has 4 nitrogen and oxygen atoms in total. The number of unbranched alkanes of at least 4 members (excludes halogenated alkanes) is 3. The maximum absolute atomic E-state index is 11.8. The van der Waals surface area contributed by atoms with Gasteiger partial charge in [0.2, 0.25) is 0 Å². The molecule has 0 saturated heterocycles. The Kier molecular flexibility index (Phi) is 6.50. The summed E-state index contributed by atoms with van der Waals surface area (Å²) in [6.07, 6.45) is 5.91. The van der Waals surface area contributed by atoms with Crippen molar-refractivity contribution in [3.8, 4) is 0 Å². The van der Waals surface area contributed by atoms with E-state index in [2.05, 4.69) is 0 Å². The number of hydrogen-bond acceptors (Lipinski definition) is 3. The fourth-order valence-electron chi connectivity index (χ4n) is 1.99. The first-order valence-electron chi connectivity index (χ1n) is 6.64. The van der Waals surface area contributed by atoms with Crippen molar-refractivity contribution in [1.29, 1.82) is 0 Å². The fourth-order valence-corrected chi connectivity index (χ4v) is 1.99. The Morgan fingerprint density at radius 3 is 2.72 bits per heavy atom. The summed E-state index contributed by atoms with van der Waals surface area (Å²) in [6.45, 7) is 5.23. The number of rotatable bonds is 8. The van der Waals surface area contributed by atoms with Crippen molar-refractivity contribution in [3.05, 3.63) is 23.5 Å². The van der Waals surface area contributed by atoms with Gasteiger partial charge in [-0.15, -0.1) is 0 Å². The molecule has 4 heteroatoms. The average molecular weight is 253 g/mol. The van der Waals surface area contributed by atoms with Gasteiger partial charge in [-0.2, -0.15) is 0 Å².